The summed E-state index contributed by atoms with van der Waals surface area (Å²) in [6.07, 6.45) is 3.27. The van der Waals surface area contributed by atoms with Crippen LogP contribution in [0.1, 0.15) is 46.5 Å². The van der Waals surface area contributed by atoms with Crippen molar-refractivity contribution in [3.8, 4) is 0 Å². The van der Waals surface area contributed by atoms with Crippen LogP contribution < -0.4 is 0 Å². The predicted molar refractivity (Wildman–Crippen MR) is 91.7 cm³/mol. The smallest absolute Gasteiger partial charge is 0.0435 e. The lowest BCUT2D eigenvalue weighted by atomic mass is 9.96. The fourth-order valence-corrected chi connectivity index (χ4v) is 3.34. The van der Waals surface area contributed by atoms with Crippen molar-refractivity contribution in [2.75, 3.05) is 0 Å². The number of hydrogen-bond acceptors (Lipinski definition) is 0. The van der Waals surface area contributed by atoms with Crippen molar-refractivity contribution in [2.24, 2.45) is 0 Å². The molecule has 2 aromatic rings. The van der Waals surface area contributed by atoms with Gasteiger partial charge in [-0.25, -0.2) is 0 Å². The van der Waals surface area contributed by atoms with Gasteiger partial charge in [-0.3, -0.25) is 0 Å². The second-order valence-corrected chi connectivity index (χ2v) is 6.50. The van der Waals surface area contributed by atoms with Crippen molar-refractivity contribution >= 4 is 15.9 Å². The lowest BCUT2D eigenvalue weighted by Gasteiger charge is -2.14. The molecule has 0 amide bonds. The molecule has 0 spiro atoms. The van der Waals surface area contributed by atoms with Crippen molar-refractivity contribution in [3.05, 3.63) is 70.3 Å². The Labute approximate surface area is 131 Å². The number of benzene rings is 2. The normalized spacial score (nSPS) is 12.4. The van der Waals surface area contributed by atoms with E-state index in [2.05, 4.69) is 79.2 Å². The molecule has 0 heterocycles. The minimum atomic E-state index is 0.389. The van der Waals surface area contributed by atoms with Crippen LogP contribution in [0.4, 0.5) is 0 Å². The van der Waals surface area contributed by atoms with Gasteiger partial charge in [-0.05, 0) is 48.4 Å². The molecule has 0 radical (unpaired) electrons. The molecule has 0 bridgehead atoms. The number of rotatable bonds is 5. The standard InChI is InChI=1S/C19H23Br/c1-4-16-9-10-18(13-17(16)5-2)19(20)12-15-8-6-7-14(3)11-15/h6-11,13,19H,4-5,12H2,1-3H3. The Morgan fingerprint density at radius 1 is 0.950 bits per heavy atom. The molecule has 0 saturated heterocycles. The van der Waals surface area contributed by atoms with Crippen molar-refractivity contribution in [3.63, 3.8) is 0 Å². The van der Waals surface area contributed by atoms with E-state index < -0.39 is 0 Å². The van der Waals surface area contributed by atoms with Gasteiger partial charge in [0.15, 0.2) is 0 Å². The van der Waals surface area contributed by atoms with E-state index in [1.807, 2.05) is 0 Å². The molecule has 0 N–H and O–H groups in total. The minimum Gasteiger partial charge on any atom is -0.0835 e. The van der Waals surface area contributed by atoms with Gasteiger partial charge in [0.05, 0.1) is 0 Å². The average molecular weight is 331 g/mol. The zero-order valence-corrected chi connectivity index (χ0v) is 14.2. The van der Waals surface area contributed by atoms with Gasteiger partial charge >= 0.3 is 0 Å². The molecule has 106 valence electrons. The molecular formula is C19H23Br. The van der Waals surface area contributed by atoms with Crippen molar-refractivity contribution in [1.29, 1.82) is 0 Å². The highest BCUT2D eigenvalue weighted by Gasteiger charge is 2.10. The molecule has 1 atom stereocenters. The van der Waals surface area contributed by atoms with Gasteiger partial charge in [0, 0.05) is 4.83 Å². The summed E-state index contributed by atoms with van der Waals surface area (Å²) in [5.74, 6) is 0. The summed E-state index contributed by atoms with van der Waals surface area (Å²) in [6, 6.07) is 15.7. The van der Waals surface area contributed by atoms with E-state index in [0.29, 0.717) is 4.83 Å². The molecule has 2 rings (SSSR count). The van der Waals surface area contributed by atoms with Crippen LogP contribution in [-0.4, -0.2) is 0 Å². The van der Waals surface area contributed by atoms with Gasteiger partial charge in [-0.1, -0.05) is 77.8 Å². The maximum Gasteiger partial charge on any atom is 0.0435 e. The third-order valence-electron chi connectivity index (χ3n) is 3.85. The van der Waals surface area contributed by atoms with Crippen LogP contribution >= 0.6 is 15.9 Å². The van der Waals surface area contributed by atoms with Crippen molar-refractivity contribution in [1.82, 2.24) is 0 Å². The molecule has 1 unspecified atom stereocenters. The summed E-state index contributed by atoms with van der Waals surface area (Å²) >= 11 is 3.86. The predicted octanol–water partition coefficient (Wildman–Crippen LogP) is 5.80. The maximum absolute atomic E-state index is 3.86. The first kappa shape index (κ1) is 15.3. The fraction of sp³-hybridized carbons (Fsp3) is 0.368. The largest absolute Gasteiger partial charge is 0.0835 e. The summed E-state index contributed by atoms with van der Waals surface area (Å²) in [5, 5.41) is 0. The second kappa shape index (κ2) is 7.08. The SMILES string of the molecule is CCc1ccc(C(Br)Cc2cccc(C)c2)cc1CC. The molecule has 1 heteroatoms. The first-order valence-electron chi connectivity index (χ1n) is 7.45. The zero-order chi connectivity index (χ0) is 14.5. The van der Waals surface area contributed by atoms with E-state index in [1.54, 1.807) is 0 Å². The molecule has 0 aliphatic carbocycles. The van der Waals surface area contributed by atoms with Crippen LogP contribution in [0.5, 0.6) is 0 Å². The molecular weight excluding hydrogens is 308 g/mol. The Balaban J connectivity index is 2.18. The van der Waals surface area contributed by atoms with E-state index in [0.717, 1.165) is 19.3 Å². The van der Waals surface area contributed by atoms with Gasteiger partial charge in [-0.15, -0.1) is 0 Å². The van der Waals surface area contributed by atoms with Gasteiger partial charge in [0.1, 0.15) is 0 Å². The molecule has 0 aromatic heterocycles. The van der Waals surface area contributed by atoms with Crippen LogP contribution in [0.2, 0.25) is 0 Å². The fourth-order valence-electron chi connectivity index (χ4n) is 2.68. The molecule has 0 nitrogen and oxygen atoms in total. The average Bonchev–Trinajstić information content (AvgIpc) is 2.46. The van der Waals surface area contributed by atoms with Gasteiger partial charge in [0.2, 0.25) is 0 Å². The quantitative estimate of drug-likeness (QED) is 0.608. The third-order valence-corrected chi connectivity index (χ3v) is 4.70. The minimum absolute atomic E-state index is 0.389. The number of aryl methyl sites for hydroxylation is 3. The Kier molecular flexibility index (Phi) is 5.42. The van der Waals surface area contributed by atoms with Crippen LogP contribution in [0.25, 0.3) is 0 Å². The van der Waals surface area contributed by atoms with Gasteiger partial charge in [-0.2, -0.15) is 0 Å². The topological polar surface area (TPSA) is 0 Å². The highest BCUT2D eigenvalue weighted by Crippen LogP contribution is 2.29. The Morgan fingerprint density at radius 3 is 2.35 bits per heavy atom. The number of hydrogen-bond donors (Lipinski definition) is 0. The van der Waals surface area contributed by atoms with E-state index in [4.69, 9.17) is 0 Å². The van der Waals surface area contributed by atoms with Crippen LogP contribution in [0, 0.1) is 6.92 Å². The summed E-state index contributed by atoms with van der Waals surface area (Å²) < 4.78 is 0. The molecule has 0 aliphatic rings. The summed E-state index contributed by atoms with van der Waals surface area (Å²) in [7, 11) is 0. The lowest BCUT2D eigenvalue weighted by molar-refractivity contribution is 0.933. The Bertz CT molecular complexity index is 572. The second-order valence-electron chi connectivity index (χ2n) is 5.40. The highest BCUT2D eigenvalue weighted by atomic mass is 79.9. The van der Waals surface area contributed by atoms with Crippen LogP contribution in [0.15, 0.2) is 42.5 Å². The summed E-state index contributed by atoms with van der Waals surface area (Å²) in [6.45, 7) is 6.62. The Hall–Kier alpha value is -1.08. The monoisotopic (exact) mass is 330 g/mol. The molecule has 2 aromatic carbocycles. The molecule has 20 heavy (non-hydrogen) atoms. The van der Waals surface area contributed by atoms with Crippen molar-refractivity contribution < 1.29 is 0 Å². The van der Waals surface area contributed by atoms with E-state index >= 15 is 0 Å². The van der Waals surface area contributed by atoms with E-state index in [1.165, 1.54) is 27.8 Å². The third kappa shape index (κ3) is 3.73. The molecule has 0 aliphatic heterocycles. The first-order valence-corrected chi connectivity index (χ1v) is 8.37. The number of alkyl halides is 1. The van der Waals surface area contributed by atoms with Crippen molar-refractivity contribution in [2.45, 2.75) is 44.9 Å². The first-order chi connectivity index (χ1) is 9.63. The number of halogens is 1. The van der Waals surface area contributed by atoms with Gasteiger partial charge < -0.3 is 0 Å². The van der Waals surface area contributed by atoms with Crippen LogP contribution in [0.3, 0.4) is 0 Å². The van der Waals surface area contributed by atoms with Crippen LogP contribution in [-0.2, 0) is 19.3 Å². The van der Waals surface area contributed by atoms with E-state index in [9.17, 15) is 0 Å². The maximum atomic E-state index is 3.86. The Morgan fingerprint density at radius 2 is 1.70 bits per heavy atom. The molecule has 0 fully saturated rings. The van der Waals surface area contributed by atoms with E-state index in [-0.39, 0.29) is 0 Å². The summed E-state index contributed by atoms with van der Waals surface area (Å²) in [5.41, 5.74) is 7.08. The summed E-state index contributed by atoms with van der Waals surface area (Å²) in [4.78, 5) is 0.389. The van der Waals surface area contributed by atoms with Gasteiger partial charge in [0.25, 0.3) is 0 Å². The molecule has 0 saturated carbocycles. The lowest BCUT2D eigenvalue weighted by Crippen LogP contribution is -1.99. The zero-order valence-electron chi connectivity index (χ0n) is 12.6. The highest BCUT2D eigenvalue weighted by molar-refractivity contribution is 9.09.